The van der Waals surface area contributed by atoms with E-state index in [9.17, 15) is 0 Å². The molecule has 0 aromatic carbocycles. The van der Waals surface area contributed by atoms with Crippen LogP contribution in [0.1, 0.15) is 0 Å². The van der Waals surface area contributed by atoms with Crippen LogP contribution in [-0.2, 0) is 0 Å². The van der Waals surface area contributed by atoms with Crippen molar-refractivity contribution in [2.24, 2.45) is 0 Å². The predicted octanol–water partition coefficient (Wildman–Crippen LogP) is 0.253. The van der Waals surface area contributed by atoms with Crippen LogP contribution >= 0.6 is 0 Å². The number of methoxy groups -OCH3 is 1. The number of nitrogen functional groups attached to an aromatic ring is 1. The molecular formula is C8H9N5O. The first-order valence-corrected chi connectivity index (χ1v) is 3.98. The molecule has 6 nitrogen and oxygen atoms in total. The van der Waals surface area contributed by atoms with Gasteiger partial charge in [-0.15, -0.1) is 5.10 Å². The van der Waals surface area contributed by atoms with Crippen LogP contribution in [0.5, 0.6) is 5.88 Å². The first-order valence-electron chi connectivity index (χ1n) is 3.98. The highest BCUT2D eigenvalue weighted by atomic mass is 16.5. The summed E-state index contributed by atoms with van der Waals surface area (Å²) in [6.07, 6.45) is 3.28. The van der Waals surface area contributed by atoms with Crippen molar-refractivity contribution in [1.29, 1.82) is 0 Å². The maximum absolute atomic E-state index is 5.47. The molecule has 0 aliphatic heterocycles. The highest BCUT2D eigenvalue weighted by molar-refractivity contribution is 5.27. The van der Waals surface area contributed by atoms with E-state index in [0.717, 1.165) is 0 Å². The molecular weight excluding hydrogens is 182 g/mol. The van der Waals surface area contributed by atoms with Crippen LogP contribution < -0.4 is 10.5 Å². The van der Waals surface area contributed by atoms with Gasteiger partial charge in [-0.25, -0.2) is 9.67 Å². The highest BCUT2D eigenvalue weighted by Crippen LogP contribution is 2.07. The zero-order valence-electron chi connectivity index (χ0n) is 7.58. The van der Waals surface area contributed by atoms with Gasteiger partial charge in [-0.3, -0.25) is 0 Å². The Hall–Kier alpha value is -2.11. The number of aromatic nitrogens is 4. The Balaban J connectivity index is 2.41. The van der Waals surface area contributed by atoms with Crippen molar-refractivity contribution in [2.75, 3.05) is 12.8 Å². The molecule has 6 heteroatoms. The summed E-state index contributed by atoms with van der Waals surface area (Å²) in [7, 11) is 1.55. The van der Waals surface area contributed by atoms with Crippen LogP contribution in [-0.4, -0.2) is 26.9 Å². The topological polar surface area (TPSA) is 78.9 Å². The van der Waals surface area contributed by atoms with Crippen molar-refractivity contribution in [3.63, 3.8) is 0 Å². The fraction of sp³-hybridized carbons (Fsp3) is 0.125. The van der Waals surface area contributed by atoms with Gasteiger partial charge in [0.05, 0.1) is 7.11 Å². The Morgan fingerprint density at radius 1 is 1.43 bits per heavy atom. The van der Waals surface area contributed by atoms with Gasteiger partial charge in [0.15, 0.2) is 0 Å². The Morgan fingerprint density at radius 3 is 2.93 bits per heavy atom. The quantitative estimate of drug-likeness (QED) is 0.736. The van der Waals surface area contributed by atoms with Gasteiger partial charge in [-0.05, 0) is 0 Å². The number of ether oxygens (including phenoxy) is 1. The second-order valence-electron chi connectivity index (χ2n) is 2.58. The van der Waals surface area contributed by atoms with Gasteiger partial charge in [-0.2, -0.15) is 4.98 Å². The molecule has 72 valence electrons. The molecule has 0 spiro atoms. The summed E-state index contributed by atoms with van der Waals surface area (Å²) in [5, 5.41) is 3.97. The van der Waals surface area contributed by atoms with Gasteiger partial charge in [0.1, 0.15) is 5.82 Å². The molecule has 0 saturated heterocycles. The predicted molar refractivity (Wildman–Crippen MR) is 50.1 cm³/mol. The molecule has 0 aliphatic carbocycles. The van der Waals surface area contributed by atoms with Crippen molar-refractivity contribution in [1.82, 2.24) is 19.7 Å². The van der Waals surface area contributed by atoms with Crippen molar-refractivity contribution >= 4 is 5.82 Å². The van der Waals surface area contributed by atoms with Crippen LogP contribution in [0, 0.1) is 0 Å². The van der Waals surface area contributed by atoms with E-state index >= 15 is 0 Å². The molecule has 0 amide bonds. The Bertz CT molecular complexity index is 439. The van der Waals surface area contributed by atoms with Gasteiger partial charge in [0.2, 0.25) is 5.88 Å². The summed E-state index contributed by atoms with van der Waals surface area (Å²) in [5.41, 5.74) is 5.47. The zero-order chi connectivity index (χ0) is 9.97. The third-order valence-corrected chi connectivity index (χ3v) is 1.64. The molecule has 2 aromatic heterocycles. The third-order valence-electron chi connectivity index (χ3n) is 1.64. The maximum atomic E-state index is 5.47. The van der Waals surface area contributed by atoms with E-state index in [1.54, 1.807) is 31.6 Å². The number of hydrogen-bond acceptors (Lipinski definition) is 5. The summed E-state index contributed by atoms with van der Waals surface area (Å²) in [6, 6.07) is 3.33. The largest absolute Gasteiger partial charge is 0.481 e. The van der Waals surface area contributed by atoms with Crippen molar-refractivity contribution in [3.8, 4) is 11.8 Å². The number of hydrogen-bond donors (Lipinski definition) is 1. The van der Waals surface area contributed by atoms with Crippen molar-refractivity contribution < 1.29 is 4.74 Å². The van der Waals surface area contributed by atoms with Gasteiger partial charge < -0.3 is 10.5 Å². The van der Waals surface area contributed by atoms with Crippen LogP contribution in [0.3, 0.4) is 0 Å². The Kier molecular flexibility index (Phi) is 2.02. The maximum Gasteiger partial charge on any atom is 0.253 e. The Labute approximate surface area is 80.4 Å². The molecule has 0 radical (unpaired) electrons. The lowest BCUT2D eigenvalue weighted by Crippen LogP contribution is -2.03. The van der Waals surface area contributed by atoms with E-state index in [-0.39, 0.29) is 0 Å². The lowest BCUT2D eigenvalue weighted by Gasteiger charge is -2.01. The molecule has 2 rings (SSSR count). The molecule has 0 bridgehead atoms. The van der Waals surface area contributed by atoms with E-state index in [4.69, 9.17) is 10.5 Å². The van der Waals surface area contributed by atoms with Crippen LogP contribution in [0.25, 0.3) is 5.95 Å². The summed E-state index contributed by atoms with van der Waals surface area (Å²) in [5.74, 6) is 1.35. The minimum Gasteiger partial charge on any atom is -0.481 e. The summed E-state index contributed by atoms with van der Waals surface area (Å²) < 4.78 is 6.44. The van der Waals surface area contributed by atoms with E-state index < -0.39 is 0 Å². The molecule has 0 atom stereocenters. The summed E-state index contributed by atoms with van der Waals surface area (Å²) in [4.78, 5) is 8.11. The summed E-state index contributed by atoms with van der Waals surface area (Å²) >= 11 is 0. The average Bonchev–Trinajstić information content (AvgIpc) is 2.65. The number of nitrogens with zero attached hydrogens (tertiary/aromatic N) is 4. The zero-order valence-corrected chi connectivity index (χ0v) is 7.58. The van der Waals surface area contributed by atoms with E-state index in [2.05, 4.69) is 15.1 Å². The van der Waals surface area contributed by atoms with Crippen LogP contribution in [0.4, 0.5) is 5.82 Å². The molecule has 2 heterocycles. The molecule has 0 unspecified atom stereocenters. The smallest absolute Gasteiger partial charge is 0.253 e. The molecule has 0 saturated carbocycles. The van der Waals surface area contributed by atoms with Gasteiger partial charge in [0.25, 0.3) is 5.95 Å². The minimum absolute atomic E-state index is 0.427. The fourth-order valence-corrected chi connectivity index (χ4v) is 1.01. The standard InChI is InChI=1S/C8H9N5O/c1-14-7-2-4-10-8(11-7)13-5-3-6(9)12-13/h2-5H,1H3,(H2,9,12). The van der Waals surface area contributed by atoms with E-state index in [1.165, 1.54) is 4.68 Å². The first kappa shape index (κ1) is 8.49. The van der Waals surface area contributed by atoms with E-state index in [1.807, 2.05) is 0 Å². The van der Waals surface area contributed by atoms with Crippen molar-refractivity contribution in [3.05, 3.63) is 24.5 Å². The normalized spacial score (nSPS) is 10.1. The molecule has 0 aliphatic rings. The average molecular weight is 191 g/mol. The number of nitrogens with two attached hydrogens (primary N) is 1. The van der Waals surface area contributed by atoms with E-state index in [0.29, 0.717) is 17.6 Å². The lowest BCUT2D eigenvalue weighted by molar-refractivity contribution is 0.395. The Morgan fingerprint density at radius 2 is 2.29 bits per heavy atom. The first-order chi connectivity index (χ1) is 6.79. The number of anilines is 1. The number of rotatable bonds is 2. The lowest BCUT2D eigenvalue weighted by atomic mass is 10.6. The second kappa shape index (κ2) is 3.33. The molecule has 0 fully saturated rings. The second-order valence-corrected chi connectivity index (χ2v) is 2.58. The third kappa shape index (κ3) is 1.49. The fourth-order valence-electron chi connectivity index (χ4n) is 1.01. The monoisotopic (exact) mass is 191 g/mol. The minimum atomic E-state index is 0.427. The highest BCUT2D eigenvalue weighted by Gasteiger charge is 2.02. The molecule has 2 N–H and O–H groups in total. The summed E-state index contributed by atoms with van der Waals surface area (Å²) in [6.45, 7) is 0. The van der Waals surface area contributed by atoms with Gasteiger partial charge in [0, 0.05) is 24.5 Å². The SMILES string of the molecule is COc1ccnc(-n2ccc(N)n2)n1. The molecule has 2 aromatic rings. The van der Waals surface area contributed by atoms with Crippen LogP contribution in [0.2, 0.25) is 0 Å². The van der Waals surface area contributed by atoms with Gasteiger partial charge >= 0.3 is 0 Å². The van der Waals surface area contributed by atoms with Crippen LogP contribution in [0.15, 0.2) is 24.5 Å². The van der Waals surface area contributed by atoms with Gasteiger partial charge in [-0.1, -0.05) is 0 Å². The molecule has 14 heavy (non-hydrogen) atoms. The van der Waals surface area contributed by atoms with Crippen molar-refractivity contribution in [2.45, 2.75) is 0 Å².